The van der Waals surface area contributed by atoms with E-state index in [9.17, 15) is 4.79 Å². The second-order valence-corrected chi connectivity index (χ2v) is 4.70. The zero-order valence-corrected chi connectivity index (χ0v) is 10.2. The predicted octanol–water partition coefficient (Wildman–Crippen LogP) is 2.55. The minimum atomic E-state index is -0.280. The van der Waals surface area contributed by atoms with Gasteiger partial charge >= 0.3 is 0 Å². The minimum Gasteiger partial charge on any atom is -0.325 e. The van der Waals surface area contributed by atoms with Gasteiger partial charge in [0.25, 0.3) is 0 Å². The Bertz CT molecular complexity index is 314. The van der Waals surface area contributed by atoms with Crippen molar-refractivity contribution in [2.24, 2.45) is 0 Å². The molecule has 70 valence electrons. The van der Waals surface area contributed by atoms with E-state index < -0.39 is 0 Å². The summed E-state index contributed by atoms with van der Waals surface area (Å²) < 4.78 is 1.10. The molecule has 0 aliphatic heterocycles. The van der Waals surface area contributed by atoms with E-state index in [1.54, 1.807) is 6.92 Å². The topological polar surface area (TPSA) is 29.1 Å². The van der Waals surface area contributed by atoms with E-state index in [0.717, 1.165) is 9.26 Å². The lowest BCUT2D eigenvalue weighted by atomic mass is 10.3. The van der Waals surface area contributed by atoms with E-state index in [-0.39, 0.29) is 11.2 Å². The van der Waals surface area contributed by atoms with Crippen molar-refractivity contribution in [1.82, 2.24) is 0 Å². The summed E-state index contributed by atoms with van der Waals surface area (Å²) in [7, 11) is 0. The molecular weight excluding hydrogens is 297 g/mol. The number of nitrogens with one attached hydrogen (secondary N) is 1. The number of halogens is 1. The summed E-state index contributed by atoms with van der Waals surface area (Å²) in [5.74, 6) is -0.0784. The highest BCUT2D eigenvalue weighted by atomic mass is 127. The third kappa shape index (κ3) is 3.56. The molecule has 0 heterocycles. The molecule has 2 nitrogen and oxygen atoms in total. The standard InChI is InChI=1S/C9H10INOS/c1-6(13)9(12)11-8-4-2-3-7(10)5-8/h2-6,13H,1H3,(H,11,12). The normalized spacial score (nSPS) is 12.2. The van der Waals surface area contributed by atoms with E-state index in [1.165, 1.54) is 0 Å². The molecule has 1 N–H and O–H groups in total. The van der Waals surface area contributed by atoms with Gasteiger partial charge in [-0.3, -0.25) is 4.79 Å². The molecule has 13 heavy (non-hydrogen) atoms. The fourth-order valence-electron chi connectivity index (χ4n) is 0.813. The third-order valence-electron chi connectivity index (χ3n) is 1.47. The Morgan fingerprint density at radius 2 is 2.31 bits per heavy atom. The molecule has 0 radical (unpaired) electrons. The lowest BCUT2D eigenvalue weighted by Gasteiger charge is -2.06. The first-order valence-electron chi connectivity index (χ1n) is 3.84. The molecule has 1 rings (SSSR count). The highest BCUT2D eigenvalue weighted by Crippen LogP contribution is 2.12. The van der Waals surface area contributed by atoms with Crippen molar-refractivity contribution in [1.29, 1.82) is 0 Å². The SMILES string of the molecule is CC(S)C(=O)Nc1cccc(I)c1. The molecule has 0 fully saturated rings. The molecule has 1 unspecified atom stereocenters. The number of carbonyl (C=O) groups excluding carboxylic acids is 1. The molecular formula is C9H10INOS. The second kappa shape index (κ2) is 4.85. The Hall–Kier alpha value is -0.230. The van der Waals surface area contributed by atoms with Crippen molar-refractivity contribution in [3.63, 3.8) is 0 Å². The van der Waals surface area contributed by atoms with Crippen molar-refractivity contribution < 1.29 is 4.79 Å². The zero-order chi connectivity index (χ0) is 9.84. The van der Waals surface area contributed by atoms with Crippen LogP contribution in [0, 0.1) is 3.57 Å². The average Bonchev–Trinajstić information content (AvgIpc) is 2.04. The maximum absolute atomic E-state index is 11.2. The quantitative estimate of drug-likeness (QED) is 0.638. The lowest BCUT2D eigenvalue weighted by Crippen LogP contribution is -2.20. The van der Waals surface area contributed by atoms with Gasteiger partial charge in [0.1, 0.15) is 0 Å². The first-order chi connectivity index (χ1) is 6.09. The summed E-state index contributed by atoms with van der Waals surface area (Å²) in [6.07, 6.45) is 0. The molecule has 1 atom stereocenters. The van der Waals surface area contributed by atoms with Gasteiger partial charge in [0.05, 0.1) is 5.25 Å². The van der Waals surface area contributed by atoms with Crippen LogP contribution in [-0.2, 0) is 4.79 Å². The van der Waals surface area contributed by atoms with Crippen molar-refractivity contribution in [3.8, 4) is 0 Å². The fourth-order valence-corrected chi connectivity index (χ4v) is 1.42. The molecule has 0 aliphatic carbocycles. The summed E-state index contributed by atoms with van der Waals surface area (Å²) in [6.45, 7) is 1.74. The second-order valence-electron chi connectivity index (χ2n) is 2.68. The highest BCUT2D eigenvalue weighted by Gasteiger charge is 2.07. The van der Waals surface area contributed by atoms with Gasteiger partial charge in [-0.15, -0.1) is 0 Å². The van der Waals surface area contributed by atoms with Gasteiger partial charge in [-0.25, -0.2) is 0 Å². The Morgan fingerprint density at radius 3 is 2.85 bits per heavy atom. The molecule has 0 saturated heterocycles. The van der Waals surface area contributed by atoms with Crippen molar-refractivity contribution in [3.05, 3.63) is 27.8 Å². The fraction of sp³-hybridized carbons (Fsp3) is 0.222. The summed E-state index contributed by atoms with van der Waals surface area (Å²) in [5, 5.41) is 2.48. The number of benzene rings is 1. The molecule has 0 spiro atoms. The predicted molar refractivity (Wildman–Crippen MR) is 66.2 cm³/mol. The summed E-state index contributed by atoms with van der Waals surface area (Å²) in [4.78, 5) is 11.2. The van der Waals surface area contributed by atoms with Gasteiger partial charge in [0, 0.05) is 9.26 Å². The number of hydrogen-bond acceptors (Lipinski definition) is 2. The van der Waals surface area contributed by atoms with E-state index in [1.807, 2.05) is 24.3 Å². The molecule has 0 aliphatic rings. The van der Waals surface area contributed by atoms with Crippen LogP contribution in [0.4, 0.5) is 5.69 Å². The van der Waals surface area contributed by atoms with Gasteiger partial charge in [-0.2, -0.15) is 12.6 Å². The van der Waals surface area contributed by atoms with E-state index in [2.05, 4.69) is 40.5 Å². The number of anilines is 1. The number of carbonyl (C=O) groups is 1. The molecule has 0 bridgehead atoms. The Morgan fingerprint density at radius 1 is 1.62 bits per heavy atom. The summed E-state index contributed by atoms with van der Waals surface area (Å²) in [6, 6.07) is 7.64. The molecule has 0 aromatic heterocycles. The molecule has 1 amide bonds. The molecule has 1 aromatic carbocycles. The van der Waals surface area contributed by atoms with Crippen molar-refractivity contribution in [2.75, 3.05) is 5.32 Å². The first-order valence-corrected chi connectivity index (χ1v) is 5.43. The van der Waals surface area contributed by atoms with E-state index in [0.29, 0.717) is 0 Å². The Kier molecular flexibility index (Phi) is 4.05. The third-order valence-corrected chi connectivity index (χ3v) is 2.38. The van der Waals surface area contributed by atoms with Gasteiger partial charge in [-0.1, -0.05) is 6.07 Å². The van der Waals surface area contributed by atoms with Crippen LogP contribution in [0.15, 0.2) is 24.3 Å². The van der Waals surface area contributed by atoms with Gasteiger partial charge in [0.2, 0.25) is 5.91 Å². The number of rotatable bonds is 2. The Labute approximate surface area is 96.7 Å². The number of amides is 1. The first kappa shape index (κ1) is 10.8. The van der Waals surface area contributed by atoms with Gasteiger partial charge < -0.3 is 5.32 Å². The summed E-state index contributed by atoms with van der Waals surface area (Å²) >= 11 is 6.23. The number of hydrogen-bond donors (Lipinski definition) is 2. The Balaban J connectivity index is 2.69. The van der Waals surface area contributed by atoms with Crippen LogP contribution in [0.5, 0.6) is 0 Å². The van der Waals surface area contributed by atoms with E-state index in [4.69, 9.17) is 0 Å². The van der Waals surface area contributed by atoms with Crippen LogP contribution < -0.4 is 5.32 Å². The molecule has 1 aromatic rings. The van der Waals surface area contributed by atoms with Gasteiger partial charge in [0.15, 0.2) is 0 Å². The smallest absolute Gasteiger partial charge is 0.236 e. The average molecular weight is 307 g/mol. The zero-order valence-electron chi connectivity index (χ0n) is 7.12. The van der Waals surface area contributed by atoms with Crippen LogP contribution in [-0.4, -0.2) is 11.2 Å². The van der Waals surface area contributed by atoms with Crippen LogP contribution in [0.1, 0.15) is 6.92 Å². The largest absolute Gasteiger partial charge is 0.325 e. The van der Waals surface area contributed by atoms with Crippen molar-refractivity contribution in [2.45, 2.75) is 12.2 Å². The van der Waals surface area contributed by atoms with Crippen LogP contribution >= 0.6 is 35.2 Å². The summed E-state index contributed by atoms with van der Waals surface area (Å²) in [5.41, 5.74) is 0.817. The lowest BCUT2D eigenvalue weighted by molar-refractivity contribution is -0.115. The van der Waals surface area contributed by atoms with E-state index >= 15 is 0 Å². The monoisotopic (exact) mass is 307 g/mol. The van der Waals surface area contributed by atoms with Crippen molar-refractivity contribution >= 4 is 46.8 Å². The maximum atomic E-state index is 11.2. The highest BCUT2D eigenvalue weighted by molar-refractivity contribution is 14.1. The van der Waals surface area contributed by atoms with Crippen LogP contribution in [0.2, 0.25) is 0 Å². The van der Waals surface area contributed by atoms with Crippen LogP contribution in [0.3, 0.4) is 0 Å². The molecule has 0 saturated carbocycles. The van der Waals surface area contributed by atoms with Gasteiger partial charge in [-0.05, 0) is 47.7 Å². The minimum absolute atomic E-state index is 0.0784. The van der Waals surface area contributed by atoms with Crippen LogP contribution in [0.25, 0.3) is 0 Å². The maximum Gasteiger partial charge on any atom is 0.236 e. The molecule has 4 heteroatoms. The number of thiol groups is 1.